The van der Waals surface area contributed by atoms with E-state index < -0.39 is 0 Å². The number of hydrogen-bond donors (Lipinski definition) is 0. The Kier molecular flexibility index (Phi) is 9.05. The highest BCUT2D eigenvalue weighted by Crippen LogP contribution is 2.41. The Morgan fingerprint density at radius 3 is 2.77 bits per heavy atom. The molecule has 1 aromatic carbocycles. The van der Waals surface area contributed by atoms with Crippen LogP contribution in [-0.4, -0.2) is 60.8 Å². The van der Waals surface area contributed by atoms with Gasteiger partial charge in [0.1, 0.15) is 0 Å². The van der Waals surface area contributed by atoms with Crippen molar-refractivity contribution >= 4 is 58.0 Å². The summed E-state index contributed by atoms with van der Waals surface area (Å²) in [5.74, 6) is -0.0272. The molecule has 0 radical (unpaired) electrons. The van der Waals surface area contributed by atoms with E-state index in [1.54, 1.807) is 35.5 Å². The maximum absolute atomic E-state index is 13.4. The number of halogens is 3. The van der Waals surface area contributed by atoms with Crippen molar-refractivity contribution in [1.29, 1.82) is 0 Å². The van der Waals surface area contributed by atoms with Gasteiger partial charge in [-0.15, -0.1) is 22.9 Å². The van der Waals surface area contributed by atoms with Crippen LogP contribution in [0.2, 0.25) is 10.0 Å². The van der Waals surface area contributed by atoms with Gasteiger partial charge in [-0.2, -0.15) is 0 Å². The molecule has 0 bridgehead atoms. The summed E-state index contributed by atoms with van der Waals surface area (Å²) >= 11 is 20.1. The summed E-state index contributed by atoms with van der Waals surface area (Å²) in [6.45, 7) is 1.52. The van der Waals surface area contributed by atoms with Gasteiger partial charge in [-0.3, -0.25) is 9.59 Å². The summed E-state index contributed by atoms with van der Waals surface area (Å²) in [6, 6.07) is 7.09. The molecule has 3 rings (SSSR count). The number of carbonyl (C=O) groups is 2. The number of ether oxygens (including phenoxy) is 1. The molecule has 1 aliphatic heterocycles. The molecule has 2 aromatic rings. The lowest BCUT2D eigenvalue weighted by Gasteiger charge is -2.38. The third-order valence-electron chi connectivity index (χ3n) is 5.31. The van der Waals surface area contributed by atoms with Gasteiger partial charge in [0, 0.05) is 54.0 Å². The normalized spacial score (nSPS) is 15.6. The molecule has 0 saturated carbocycles. The first kappa shape index (κ1) is 24.3. The Morgan fingerprint density at radius 2 is 2.06 bits per heavy atom. The van der Waals surface area contributed by atoms with E-state index in [0.717, 1.165) is 17.5 Å². The van der Waals surface area contributed by atoms with Gasteiger partial charge in [-0.05, 0) is 47.5 Å². The zero-order valence-electron chi connectivity index (χ0n) is 17.3. The fraction of sp³-hybridized carbons (Fsp3) is 0.455. The highest BCUT2D eigenvalue weighted by Gasteiger charge is 2.35. The van der Waals surface area contributed by atoms with Gasteiger partial charge in [0.25, 0.3) is 0 Å². The number of amides is 2. The summed E-state index contributed by atoms with van der Waals surface area (Å²) in [7, 11) is 1.61. The first-order valence-corrected chi connectivity index (χ1v) is 12.3. The van der Waals surface area contributed by atoms with Crippen LogP contribution in [0.4, 0.5) is 0 Å². The van der Waals surface area contributed by atoms with Gasteiger partial charge in [0.05, 0.1) is 12.6 Å². The molecule has 0 fully saturated rings. The van der Waals surface area contributed by atoms with E-state index >= 15 is 0 Å². The lowest BCUT2D eigenvalue weighted by molar-refractivity contribution is -0.141. The summed E-state index contributed by atoms with van der Waals surface area (Å²) in [5.41, 5.74) is 1.91. The number of carbonyl (C=O) groups excluding carboxylic acids is 2. The van der Waals surface area contributed by atoms with E-state index in [0.29, 0.717) is 36.2 Å². The monoisotopic (exact) mass is 502 g/mol. The van der Waals surface area contributed by atoms with Crippen LogP contribution in [0, 0.1) is 0 Å². The second-order valence-corrected chi connectivity index (χ2v) is 9.53. The van der Waals surface area contributed by atoms with Crippen molar-refractivity contribution in [3.8, 4) is 0 Å². The fourth-order valence-corrected chi connectivity index (χ4v) is 5.41. The van der Waals surface area contributed by atoms with Crippen LogP contribution in [0.25, 0.3) is 0 Å². The molecule has 1 aliphatic rings. The zero-order chi connectivity index (χ0) is 22.4. The molecule has 1 aromatic heterocycles. The Morgan fingerprint density at radius 1 is 1.26 bits per heavy atom. The first-order chi connectivity index (χ1) is 15.0. The lowest BCUT2D eigenvalue weighted by atomic mass is 9.93. The molecule has 2 amide bonds. The summed E-state index contributed by atoms with van der Waals surface area (Å²) in [5, 5.41) is 3.10. The van der Waals surface area contributed by atoms with Crippen molar-refractivity contribution in [2.75, 3.05) is 39.2 Å². The number of alkyl halides is 1. The largest absolute Gasteiger partial charge is 0.385 e. The summed E-state index contributed by atoms with van der Waals surface area (Å²) < 4.78 is 5.10. The predicted octanol–water partition coefficient (Wildman–Crippen LogP) is 5.02. The van der Waals surface area contributed by atoms with Gasteiger partial charge < -0.3 is 14.5 Å². The Hall–Kier alpha value is -1.31. The fourth-order valence-electron chi connectivity index (χ4n) is 3.83. The van der Waals surface area contributed by atoms with Crippen molar-refractivity contribution < 1.29 is 14.3 Å². The van der Waals surface area contributed by atoms with Crippen molar-refractivity contribution in [3.05, 3.63) is 55.7 Å². The van der Waals surface area contributed by atoms with Gasteiger partial charge >= 0.3 is 0 Å². The van der Waals surface area contributed by atoms with Gasteiger partial charge in [0.15, 0.2) is 0 Å². The maximum atomic E-state index is 13.4. The minimum atomic E-state index is -0.309. The Bertz CT molecular complexity index is 921. The quantitative estimate of drug-likeness (QED) is 0.356. The minimum Gasteiger partial charge on any atom is -0.385 e. The molecular formula is C22H25Cl3N2O3S. The average molecular weight is 504 g/mol. The van der Waals surface area contributed by atoms with Crippen molar-refractivity contribution in [2.45, 2.75) is 25.3 Å². The van der Waals surface area contributed by atoms with E-state index in [1.165, 1.54) is 4.88 Å². The Labute approximate surface area is 201 Å². The number of methoxy groups -OCH3 is 1. The van der Waals surface area contributed by atoms with E-state index in [2.05, 4.69) is 0 Å². The van der Waals surface area contributed by atoms with E-state index in [4.69, 9.17) is 39.5 Å². The van der Waals surface area contributed by atoms with Crippen LogP contribution in [0.5, 0.6) is 0 Å². The molecule has 1 atom stereocenters. The van der Waals surface area contributed by atoms with Crippen LogP contribution >= 0.6 is 46.1 Å². The molecule has 168 valence electrons. The van der Waals surface area contributed by atoms with Crippen molar-refractivity contribution in [2.24, 2.45) is 0 Å². The van der Waals surface area contributed by atoms with Gasteiger partial charge in [0.2, 0.25) is 11.8 Å². The van der Waals surface area contributed by atoms with Crippen LogP contribution in [-0.2, 0) is 20.7 Å². The van der Waals surface area contributed by atoms with Gasteiger partial charge in [-0.1, -0.05) is 29.3 Å². The predicted molar refractivity (Wildman–Crippen MR) is 126 cm³/mol. The number of rotatable bonds is 9. The molecule has 0 spiro atoms. The standard InChI is InChI=1S/C22H25Cl3N2O3S/c1-30-11-2-9-26(20(28)5-8-23)14-21(29)27-10-6-19-17(7-12-31-19)22(27)16-4-3-15(24)13-18(16)25/h3-4,7,12-13,22H,2,5-6,8-11,14H2,1H3. The molecular weight excluding hydrogens is 479 g/mol. The first-order valence-electron chi connectivity index (χ1n) is 10.1. The van der Waals surface area contributed by atoms with Crippen molar-refractivity contribution in [3.63, 3.8) is 0 Å². The second-order valence-electron chi connectivity index (χ2n) is 7.31. The number of thiophene rings is 1. The third kappa shape index (κ3) is 5.93. The average Bonchev–Trinajstić information content (AvgIpc) is 3.22. The highest BCUT2D eigenvalue weighted by atomic mass is 35.5. The van der Waals surface area contributed by atoms with E-state index in [9.17, 15) is 9.59 Å². The SMILES string of the molecule is COCCCN(CC(=O)N1CCc2sccc2C1c1ccc(Cl)cc1Cl)C(=O)CCCl. The van der Waals surface area contributed by atoms with Crippen LogP contribution in [0.15, 0.2) is 29.6 Å². The van der Waals surface area contributed by atoms with E-state index in [1.807, 2.05) is 22.4 Å². The topological polar surface area (TPSA) is 49.9 Å². The van der Waals surface area contributed by atoms with Crippen molar-refractivity contribution in [1.82, 2.24) is 9.80 Å². The second kappa shape index (κ2) is 11.5. The molecule has 5 nitrogen and oxygen atoms in total. The molecule has 0 aliphatic carbocycles. The van der Waals surface area contributed by atoms with Crippen LogP contribution in [0.1, 0.15) is 34.9 Å². The molecule has 31 heavy (non-hydrogen) atoms. The maximum Gasteiger partial charge on any atom is 0.242 e. The highest BCUT2D eigenvalue weighted by molar-refractivity contribution is 7.10. The number of fused-ring (bicyclic) bond motifs is 1. The molecule has 0 saturated heterocycles. The zero-order valence-corrected chi connectivity index (χ0v) is 20.4. The number of benzene rings is 1. The molecule has 0 N–H and O–H groups in total. The smallest absolute Gasteiger partial charge is 0.242 e. The molecule has 1 unspecified atom stereocenters. The third-order valence-corrected chi connectivity index (χ3v) is 7.05. The van der Waals surface area contributed by atoms with Gasteiger partial charge in [-0.25, -0.2) is 0 Å². The molecule has 9 heteroatoms. The number of hydrogen-bond acceptors (Lipinski definition) is 4. The Balaban J connectivity index is 1.87. The summed E-state index contributed by atoms with van der Waals surface area (Å²) in [6.07, 6.45) is 1.63. The number of nitrogens with zero attached hydrogens (tertiary/aromatic N) is 2. The molecule has 2 heterocycles. The minimum absolute atomic E-state index is 0.000611. The van der Waals surface area contributed by atoms with E-state index in [-0.39, 0.29) is 36.7 Å². The lowest BCUT2D eigenvalue weighted by Crippen LogP contribution is -2.47. The van der Waals surface area contributed by atoms with Crippen LogP contribution in [0.3, 0.4) is 0 Å². The van der Waals surface area contributed by atoms with Crippen LogP contribution < -0.4 is 0 Å². The summed E-state index contributed by atoms with van der Waals surface area (Å²) in [4.78, 5) is 30.6.